The van der Waals surface area contributed by atoms with Crippen LogP contribution in [-0.4, -0.2) is 15.0 Å². The summed E-state index contributed by atoms with van der Waals surface area (Å²) in [6, 6.07) is 17.4. The van der Waals surface area contributed by atoms with Gasteiger partial charge in [0.05, 0.1) is 0 Å². The van der Waals surface area contributed by atoms with E-state index in [1.165, 1.54) is 6.33 Å². The Morgan fingerprint density at radius 3 is 2.36 bits per heavy atom. The number of nitrogens with two attached hydrogens (primary N) is 1. The van der Waals surface area contributed by atoms with Gasteiger partial charge in [-0.2, -0.15) is 4.98 Å². The molecule has 0 fully saturated rings. The van der Waals surface area contributed by atoms with Gasteiger partial charge < -0.3 is 16.4 Å². The second-order valence-electron chi connectivity index (χ2n) is 4.72. The number of nitrogens with one attached hydrogen (secondary N) is 2. The van der Waals surface area contributed by atoms with Crippen LogP contribution in [0.15, 0.2) is 60.9 Å². The van der Waals surface area contributed by atoms with Crippen molar-refractivity contribution in [2.45, 2.75) is 6.54 Å². The van der Waals surface area contributed by atoms with Gasteiger partial charge in [0.2, 0.25) is 11.9 Å². The van der Waals surface area contributed by atoms with Gasteiger partial charge in [0.15, 0.2) is 0 Å². The van der Waals surface area contributed by atoms with Crippen LogP contribution in [0.5, 0.6) is 0 Å². The van der Waals surface area contributed by atoms with Gasteiger partial charge in [0.25, 0.3) is 0 Å². The highest BCUT2D eigenvalue weighted by Crippen LogP contribution is 2.15. The van der Waals surface area contributed by atoms with E-state index in [0.29, 0.717) is 24.1 Å². The molecule has 0 spiro atoms. The molecule has 0 aliphatic carbocycles. The minimum atomic E-state index is 0.482. The molecule has 3 rings (SSSR count). The third kappa shape index (κ3) is 3.69. The van der Waals surface area contributed by atoms with E-state index in [1.54, 1.807) is 0 Å². The second-order valence-corrected chi connectivity index (χ2v) is 4.72. The quantitative estimate of drug-likeness (QED) is 0.627. The van der Waals surface area contributed by atoms with Gasteiger partial charge in [-0.1, -0.05) is 30.3 Å². The number of nitrogens with zero attached hydrogens (tertiary/aromatic N) is 3. The van der Waals surface area contributed by atoms with Gasteiger partial charge in [-0.25, -0.2) is 9.97 Å². The molecule has 1 heterocycles. The summed E-state index contributed by atoms with van der Waals surface area (Å²) in [6.45, 7) is 0.659. The van der Waals surface area contributed by atoms with Crippen LogP contribution in [0.2, 0.25) is 0 Å². The van der Waals surface area contributed by atoms with Gasteiger partial charge in [0, 0.05) is 17.9 Å². The molecule has 1 aromatic heterocycles. The van der Waals surface area contributed by atoms with Crippen LogP contribution in [0, 0.1) is 0 Å². The molecule has 0 saturated heterocycles. The molecule has 6 heteroatoms. The fourth-order valence-electron chi connectivity index (χ4n) is 1.91. The first-order chi connectivity index (χ1) is 10.8. The summed E-state index contributed by atoms with van der Waals surface area (Å²) < 4.78 is 0. The lowest BCUT2D eigenvalue weighted by molar-refractivity contribution is 1.01. The number of benzene rings is 2. The molecule has 0 amide bonds. The summed E-state index contributed by atoms with van der Waals surface area (Å²) in [7, 11) is 0. The maximum Gasteiger partial charge on any atom is 0.231 e. The zero-order chi connectivity index (χ0) is 15.2. The number of rotatable bonds is 5. The molecule has 6 nitrogen and oxygen atoms in total. The van der Waals surface area contributed by atoms with Crippen LogP contribution in [0.25, 0.3) is 0 Å². The zero-order valence-electron chi connectivity index (χ0n) is 11.9. The number of hydrogen-bond acceptors (Lipinski definition) is 6. The lowest BCUT2D eigenvalue weighted by Gasteiger charge is -2.07. The van der Waals surface area contributed by atoms with E-state index in [0.717, 1.165) is 11.3 Å². The summed E-state index contributed by atoms with van der Waals surface area (Å²) in [5, 5.41) is 6.29. The molecule has 0 atom stereocenters. The molecule has 0 aliphatic heterocycles. The summed E-state index contributed by atoms with van der Waals surface area (Å²) in [4.78, 5) is 12.6. The van der Waals surface area contributed by atoms with Crippen molar-refractivity contribution in [3.05, 3.63) is 66.5 Å². The van der Waals surface area contributed by atoms with Gasteiger partial charge in [-0.15, -0.1) is 0 Å². The van der Waals surface area contributed by atoms with Gasteiger partial charge in [0.1, 0.15) is 6.33 Å². The number of nitrogen functional groups attached to an aromatic ring is 1. The van der Waals surface area contributed by atoms with E-state index >= 15 is 0 Å². The van der Waals surface area contributed by atoms with E-state index in [2.05, 4.69) is 25.6 Å². The van der Waals surface area contributed by atoms with E-state index in [9.17, 15) is 0 Å². The van der Waals surface area contributed by atoms with Crippen molar-refractivity contribution in [2.24, 2.45) is 0 Å². The van der Waals surface area contributed by atoms with E-state index in [4.69, 9.17) is 5.73 Å². The normalized spacial score (nSPS) is 10.2. The molecule has 4 N–H and O–H groups in total. The Hall–Kier alpha value is -3.15. The lowest BCUT2D eigenvalue weighted by atomic mass is 10.2. The van der Waals surface area contributed by atoms with Gasteiger partial charge in [-0.05, 0) is 29.8 Å². The number of anilines is 4. The third-order valence-electron chi connectivity index (χ3n) is 3.03. The Morgan fingerprint density at radius 1 is 0.864 bits per heavy atom. The van der Waals surface area contributed by atoms with E-state index < -0.39 is 0 Å². The van der Waals surface area contributed by atoms with Crippen molar-refractivity contribution >= 4 is 23.3 Å². The molecule has 2 aromatic carbocycles. The van der Waals surface area contributed by atoms with Crippen molar-refractivity contribution in [1.82, 2.24) is 15.0 Å². The fourth-order valence-corrected chi connectivity index (χ4v) is 1.91. The first-order valence-corrected chi connectivity index (χ1v) is 6.89. The van der Waals surface area contributed by atoms with Crippen molar-refractivity contribution in [3.8, 4) is 0 Å². The standard InChI is InChI=1S/C16H16N6/c17-13-6-8-14(9-7-13)21-16-20-11-19-15(22-16)18-10-12-4-2-1-3-5-12/h1-9,11H,10,17H2,(H2,18,19,20,21,22). The predicted molar refractivity (Wildman–Crippen MR) is 87.7 cm³/mol. The highest BCUT2D eigenvalue weighted by Gasteiger charge is 2.01. The Morgan fingerprint density at radius 2 is 1.59 bits per heavy atom. The topological polar surface area (TPSA) is 88.8 Å². The Labute approximate surface area is 128 Å². The number of hydrogen-bond donors (Lipinski definition) is 3. The van der Waals surface area contributed by atoms with E-state index in [-0.39, 0.29) is 0 Å². The lowest BCUT2D eigenvalue weighted by Crippen LogP contribution is -2.06. The molecule has 22 heavy (non-hydrogen) atoms. The van der Waals surface area contributed by atoms with Crippen molar-refractivity contribution < 1.29 is 0 Å². The second kappa shape index (κ2) is 6.53. The molecule has 110 valence electrons. The Kier molecular flexibility index (Phi) is 4.10. The highest BCUT2D eigenvalue weighted by molar-refractivity contribution is 5.57. The third-order valence-corrected chi connectivity index (χ3v) is 3.03. The van der Waals surface area contributed by atoms with Gasteiger partial charge >= 0.3 is 0 Å². The minimum absolute atomic E-state index is 0.482. The van der Waals surface area contributed by atoms with Gasteiger partial charge in [-0.3, -0.25) is 0 Å². The van der Waals surface area contributed by atoms with Crippen LogP contribution >= 0.6 is 0 Å². The minimum Gasteiger partial charge on any atom is -0.399 e. The maximum atomic E-state index is 5.66. The Balaban J connectivity index is 1.66. The van der Waals surface area contributed by atoms with E-state index in [1.807, 2.05) is 54.6 Å². The average molecular weight is 292 g/mol. The first kappa shape index (κ1) is 13.8. The van der Waals surface area contributed by atoms with Crippen LogP contribution in [0.1, 0.15) is 5.56 Å². The Bertz CT molecular complexity index is 727. The average Bonchev–Trinajstić information content (AvgIpc) is 2.57. The van der Waals surface area contributed by atoms with Crippen molar-refractivity contribution in [1.29, 1.82) is 0 Å². The van der Waals surface area contributed by atoms with Crippen molar-refractivity contribution in [3.63, 3.8) is 0 Å². The molecular weight excluding hydrogens is 276 g/mol. The molecule has 3 aromatic rings. The fraction of sp³-hybridized carbons (Fsp3) is 0.0625. The predicted octanol–water partition coefficient (Wildman–Crippen LogP) is 2.81. The first-order valence-electron chi connectivity index (χ1n) is 6.89. The summed E-state index contributed by atoms with van der Waals surface area (Å²) >= 11 is 0. The summed E-state index contributed by atoms with van der Waals surface area (Å²) in [5.41, 5.74) is 8.41. The zero-order valence-corrected chi connectivity index (χ0v) is 11.9. The maximum absolute atomic E-state index is 5.66. The van der Waals surface area contributed by atoms with Crippen molar-refractivity contribution in [2.75, 3.05) is 16.4 Å². The largest absolute Gasteiger partial charge is 0.399 e. The molecule has 0 radical (unpaired) electrons. The monoisotopic (exact) mass is 292 g/mol. The molecule has 0 unspecified atom stereocenters. The SMILES string of the molecule is Nc1ccc(Nc2ncnc(NCc3ccccc3)n2)cc1. The highest BCUT2D eigenvalue weighted by atomic mass is 15.2. The molecule has 0 aliphatic rings. The van der Waals surface area contributed by atoms with Crippen LogP contribution in [0.4, 0.5) is 23.3 Å². The smallest absolute Gasteiger partial charge is 0.231 e. The van der Waals surface area contributed by atoms with Crippen LogP contribution < -0.4 is 16.4 Å². The molecular formula is C16H16N6. The van der Waals surface area contributed by atoms with Crippen LogP contribution in [-0.2, 0) is 6.54 Å². The summed E-state index contributed by atoms with van der Waals surface area (Å²) in [5.74, 6) is 1.01. The van der Waals surface area contributed by atoms with Crippen LogP contribution in [0.3, 0.4) is 0 Å². The molecule has 0 saturated carbocycles. The number of aromatic nitrogens is 3. The summed E-state index contributed by atoms with van der Waals surface area (Å²) in [6.07, 6.45) is 1.47. The molecule has 0 bridgehead atoms.